The molecule has 1 aliphatic rings. The fraction of sp³-hybridized carbons (Fsp3) is 0.579. The molecule has 1 N–H and O–H groups in total. The van der Waals surface area contributed by atoms with Crippen molar-refractivity contribution >= 4 is 11.7 Å². The number of Topliss-reactive ketones (excluding diaryl/α,β-unsaturated/α-hetero) is 1. The van der Waals surface area contributed by atoms with E-state index in [0.717, 1.165) is 12.0 Å². The van der Waals surface area contributed by atoms with E-state index in [4.69, 9.17) is 0 Å². The number of carbonyl (C=O) groups is 2. The maximum atomic E-state index is 12.1. The third-order valence-electron chi connectivity index (χ3n) is 5.01. The van der Waals surface area contributed by atoms with Gasteiger partial charge in [-0.25, -0.2) is 0 Å². The molecule has 3 atom stereocenters. The van der Waals surface area contributed by atoms with E-state index in [1.54, 1.807) is 0 Å². The fourth-order valence-corrected chi connectivity index (χ4v) is 3.18. The van der Waals surface area contributed by atoms with Crippen molar-refractivity contribution in [3.8, 4) is 0 Å². The molecule has 0 aliphatic heterocycles. The number of aryl methyl sites for hydroxylation is 1. The van der Waals surface area contributed by atoms with Gasteiger partial charge in [-0.05, 0) is 25.2 Å². The fourth-order valence-electron chi connectivity index (χ4n) is 3.18. The van der Waals surface area contributed by atoms with Crippen molar-refractivity contribution in [2.24, 2.45) is 11.8 Å². The molecular weight excluding hydrogens is 274 g/mol. The summed E-state index contributed by atoms with van der Waals surface area (Å²) in [6, 6.07) is 7.79. The zero-order valence-corrected chi connectivity index (χ0v) is 13.9. The van der Waals surface area contributed by atoms with Crippen LogP contribution in [-0.2, 0) is 4.79 Å². The minimum atomic E-state index is 0.00594. The standard InChI is InChI=1S/C19H27NO2/c1-13-7-9-16(10-8-13)18(21)11-12-19(22)20-17-6-4-5-14(2)15(17)3/h7-10,14-15,17H,4-6,11-12H2,1-3H3,(H,20,22)/t14-,15+,17+/m1/s1. The Labute approximate surface area is 133 Å². The van der Waals surface area contributed by atoms with Crippen LogP contribution < -0.4 is 5.32 Å². The van der Waals surface area contributed by atoms with E-state index in [1.807, 2.05) is 31.2 Å². The average molecular weight is 301 g/mol. The minimum absolute atomic E-state index is 0.00594. The molecule has 0 spiro atoms. The van der Waals surface area contributed by atoms with E-state index in [2.05, 4.69) is 19.2 Å². The van der Waals surface area contributed by atoms with Gasteiger partial charge in [0.05, 0.1) is 0 Å². The van der Waals surface area contributed by atoms with Gasteiger partial charge in [0.15, 0.2) is 5.78 Å². The number of nitrogens with one attached hydrogen (secondary N) is 1. The van der Waals surface area contributed by atoms with Gasteiger partial charge in [-0.2, -0.15) is 0 Å². The van der Waals surface area contributed by atoms with Gasteiger partial charge in [0.2, 0.25) is 5.91 Å². The largest absolute Gasteiger partial charge is 0.353 e. The first-order valence-corrected chi connectivity index (χ1v) is 8.36. The molecule has 0 unspecified atom stereocenters. The molecule has 0 heterocycles. The number of rotatable bonds is 5. The van der Waals surface area contributed by atoms with Crippen LogP contribution in [0.15, 0.2) is 24.3 Å². The molecule has 0 radical (unpaired) electrons. The zero-order chi connectivity index (χ0) is 16.1. The van der Waals surface area contributed by atoms with Crippen molar-refractivity contribution in [2.75, 3.05) is 0 Å². The Kier molecular flexibility index (Phi) is 5.76. The smallest absolute Gasteiger partial charge is 0.220 e. The molecular formula is C19H27NO2. The number of carbonyl (C=O) groups excluding carboxylic acids is 2. The number of benzene rings is 1. The van der Waals surface area contributed by atoms with Crippen LogP contribution in [0.2, 0.25) is 0 Å². The monoisotopic (exact) mass is 301 g/mol. The molecule has 3 heteroatoms. The van der Waals surface area contributed by atoms with Gasteiger partial charge in [-0.3, -0.25) is 9.59 Å². The van der Waals surface area contributed by atoms with Crippen LogP contribution in [0.4, 0.5) is 0 Å². The van der Waals surface area contributed by atoms with Crippen molar-refractivity contribution in [3.05, 3.63) is 35.4 Å². The molecule has 1 fully saturated rings. The number of hydrogen-bond acceptors (Lipinski definition) is 2. The third kappa shape index (κ3) is 4.43. The van der Waals surface area contributed by atoms with Gasteiger partial charge < -0.3 is 5.32 Å². The van der Waals surface area contributed by atoms with E-state index >= 15 is 0 Å². The number of hydrogen-bond donors (Lipinski definition) is 1. The van der Waals surface area contributed by atoms with Gasteiger partial charge in [0.1, 0.15) is 0 Å². The van der Waals surface area contributed by atoms with Crippen LogP contribution in [-0.4, -0.2) is 17.7 Å². The molecule has 1 amide bonds. The van der Waals surface area contributed by atoms with Crippen LogP contribution in [0.5, 0.6) is 0 Å². The van der Waals surface area contributed by atoms with Gasteiger partial charge in [-0.1, -0.05) is 56.5 Å². The highest BCUT2D eigenvalue weighted by Gasteiger charge is 2.28. The van der Waals surface area contributed by atoms with E-state index in [1.165, 1.54) is 12.8 Å². The van der Waals surface area contributed by atoms with Gasteiger partial charge in [0.25, 0.3) is 0 Å². The molecule has 0 bridgehead atoms. The van der Waals surface area contributed by atoms with Crippen molar-refractivity contribution in [1.29, 1.82) is 0 Å². The van der Waals surface area contributed by atoms with Crippen LogP contribution in [0.1, 0.15) is 61.9 Å². The molecule has 0 saturated heterocycles. The number of amides is 1. The van der Waals surface area contributed by atoms with Gasteiger partial charge in [0, 0.05) is 24.4 Å². The summed E-state index contributed by atoms with van der Waals surface area (Å²) in [7, 11) is 0. The molecule has 2 rings (SSSR count). The van der Waals surface area contributed by atoms with Crippen LogP contribution >= 0.6 is 0 Å². The maximum absolute atomic E-state index is 12.1. The molecule has 3 nitrogen and oxygen atoms in total. The SMILES string of the molecule is Cc1ccc(C(=O)CCC(=O)N[C@H]2CCC[C@@H](C)[C@@H]2C)cc1. The summed E-state index contributed by atoms with van der Waals surface area (Å²) >= 11 is 0. The van der Waals surface area contributed by atoms with Crippen molar-refractivity contribution in [1.82, 2.24) is 5.32 Å². The Morgan fingerprint density at radius 3 is 2.45 bits per heavy atom. The minimum Gasteiger partial charge on any atom is -0.353 e. The molecule has 1 aliphatic carbocycles. The van der Waals surface area contributed by atoms with Crippen LogP contribution in [0.25, 0.3) is 0 Å². The summed E-state index contributed by atoms with van der Waals surface area (Å²) in [6.07, 6.45) is 4.05. The van der Waals surface area contributed by atoms with E-state index in [-0.39, 0.29) is 30.6 Å². The third-order valence-corrected chi connectivity index (χ3v) is 5.01. The molecule has 1 saturated carbocycles. The Hall–Kier alpha value is -1.64. The quantitative estimate of drug-likeness (QED) is 0.838. The predicted octanol–water partition coefficient (Wildman–Crippen LogP) is 3.90. The highest BCUT2D eigenvalue weighted by Crippen LogP contribution is 2.29. The van der Waals surface area contributed by atoms with Crippen molar-refractivity contribution in [3.63, 3.8) is 0 Å². The first-order chi connectivity index (χ1) is 10.5. The topological polar surface area (TPSA) is 46.2 Å². The summed E-state index contributed by atoms with van der Waals surface area (Å²) in [5, 5.41) is 3.12. The Balaban J connectivity index is 1.80. The van der Waals surface area contributed by atoms with Crippen molar-refractivity contribution in [2.45, 2.75) is 58.9 Å². The number of ketones is 1. The molecule has 1 aromatic rings. The van der Waals surface area contributed by atoms with Crippen molar-refractivity contribution < 1.29 is 9.59 Å². The highest BCUT2D eigenvalue weighted by molar-refractivity contribution is 5.97. The van der Waals surface area contributed by atoms with Crippen LogP contribution in [0.3, 0.4) is 0 Å². The summed E-state index contributed by atoms with van der Waals surface area (Å²) < 4.78 is 0. The Morgan fingerprint density at radius 1 is 1.09 bits per heavy atom. The first-order valence-electron chi connectivity index (χ1n) is 8.36. The second-order valence-electron chi connectivity index (χ2n) is 6.73. The maximum Gasteiger partial charge on any atom is 0.220 e. The first kappa shape index (κ1) is 16.7. The second-order valence-corrected chi connectivity index (χ2v) is 6.73. The molecule has 120 valence electrons. The lowest BCUT2D eigenvalue weighted by atomic mass is 9.78. The predicted molar refractivity (Wildman–Crippen MR) is 88.9 cm³/mol. The average Bonchev–Trinajstić information content (AvgIpc) is 2.50. The Bertz CT molecular complexity index is 521. The van der Waals surface area contributed by atoms with E-state index in [0.29, 0.717) is 17.4 Å². The molecule has 22 heavy (non-hydrogen) atoms. The lowest BCUT2D eigenvalue weighted by Crippen LogP contribution is -2.43. The van der Waals surface area contributed by atoms with Gasteiger partial charge >= 0.3 is 0 Å². The summed E-state index contributed by atoms with van der Waals surface area (Å²) in [5.74, 6) is 1.23. The zero-order valence-electron chi connectivity index (χ0n) is 13.9. The van der Waals surface area contributed by atoms with E-state index in [9.17, 15) is 9.59 Å². The lowest BCUT2D eigenvalue weighted by molar-refractivity contribution is -0.122. The van der Waals surface area contributed by atoms with Crippen LogP contribution in [0, 0.1) is 18.8 Å². The summed E-state index contributed by atoms with van der Waals surface area (Å²) in [4.78, 5) is 24.2. The lowest BCUT2D eigenvalue weighted by Gasteiger charge is -2.34. The Morgan fingerprint density at radius 2 is 1.77 bits per heavy atom. The second kappa shape index (κ2) is 7.57. The molecule has 1 aromatic carbocycles. The van der Waals surface area contributed by atoms with E-state index < -0.39 is 0 Å². The summed E-state index contributed by atoms with van der Waals surface area (Å²) in [6.45, 7) is 6.46. The van der Waals surface area contributed by atoms with Gasteiger partial charge in [-0.15, -0.1) is 0 Å². The molecule has 0 aromatic heterocycles. The summed E-state index contributed by atoms with van der Waals surface area (Å²) in [5.41, 5.74) is 1.83. The highest BCUT2D eigenvalue weighted by atomic mass is 16.2. The normalized spacial score (nSPS) is 24.8.